The normalized spacial score (nSPS) is 16.2. The third kappa shape index (κ3) is 5.85. The van der Waals surface area contributed by atoms with Gasteiger partial charge in [-0.25, -0.2) is 0 Å². The van der Waals surface area contributed by atoms with E-state index in [1.807, 2.05) is 0 Å². The molecule has 1 saturated heterocycles. The van der Waals surface area contributed by atoms with Crippen LogP contribution in [0.4, 0.5) is 0 Å². The standard InChI is InChI=1S/C15H23NO.ClH/c1-2-5-14(6-3-1)7-4-12-17-13-15-8-10-16-11-9-15;/h1-3,5-6,15-16H,4,7-13H2;1H/p-1. The third-order valence-electron chi connectivity index (χ3n) is 3.41. The van der Waals surface area contributed by atoms with Gasteiger partial charge < -0.3 is 22.5 Å². The summed E-state index contributed by atoms with van der Waals surface area (Å²) in [5, 5.41) is 3.38. The van der Waals surface area contributed by atoms with E-state index in [1.165, 1.54) is 18.4 Å². The molecule has 0 unspecified atom stereocenters. The Morgan fingerprint density at radius 2 is 1.83 bits per heavy atom. The number of rotatable bonds is 6. The number of benzene rings is 1. The molecule has 0 radical (unpaired) electrons. The summed E-state index contributed by atoms with van der Waals surface area (Å²) in [6.45, 7) is 4.19. The van der Waals surface area contributed by atoms with Crippen LogP contribution in [0.15, 0.2) is 30.3 Å². The van der Waals surface area contributed by atoms with Gasteiger partial charge in [-0.05, 0) is 50.3 Å². The molecular formula is C15H23ClNO-. The third-order valence-corrected chi connectivity index (χ3v) is 3.41. The first-order valence-corrected chi connectivity index (χ1v) is 6.77. The predicted octanol–water partition coefficient (Wildman–Crippen LogP) is -0.361. The highest BCUT2D eigenvalue weighted by molar-refractivity contribution is 5.14. The van der Waals surface area contributed by atoms with Gasteiger partial charge in [0, 0.05) is 13.2 Å². The lowest BCUT2D eigenvalue weighted by Crippen LogP contribution is -3.00. The largest absolute Gasteiger partial charge is 1.00 e. The summed E-state index contributed by atoms with van der Waals surface area (Å²) in [5.74, 6) is 0.785. The van der Waals surface area contributed by atoms with Crippen LogP contribution in [-0.4, -0.2) is 26.3 Å². The fraction of sp³-hybridized carbons (Fsp3) is 0.600. The molecule has 1 aromatic carbocycles. The SMILES string of the molecule is [Cl-].c1ccc(CCCOCC2CCNCC2)cc1. The Kier molecular flexibility index (Phi) is 8.06. The molecule has 0 amide bonds. The zero-order valence-electron chi connectivity index (χ0n) is 10.9. The minimum absolute atomic E-state index is 0. The molecule has 0 aromatic heterocycles. The Balaban J connectivity index is 0.00000162. The minimum Gasteiger partial charge on any atom is -1.00 e. The van der Waals surface area contributed by atoms with Crippen molar-refractivity contribution in [2.45, 2.75) is 25.7 Å². The summed E-state index contributed by atoms with van der Waals surface area (Å²) in [6, 6.07) is 10.6. The zero-order valence-corrected chi connectivity index (χ0v) is 11.7. The molecule has 0 atom stereocenters. The highest BCUT2D eigenvalue weighted by Gasteiger charge is 2.12. The Morgan fingerprint density at radius 3 is 2.56 bits per heavy atom. The van der Waals surface area contributed by atoms with Crippen LogP contribution < -0.4 is 17.7 Å². The number of ether oxygens (including phenoxy) is 1. The lowest BCUT2D eigenvalue weighted by Gasteiger charge is -2.22. The van der Waals surface area contributed by atoms with Crippen molar-refractivity contribution in [2.75, 3.05) is 26.3 Å². The molecule has 1 aliphatic heterocycles. The first-order chi connectivity index (χ1) is 8.45. The number of hydrogen-bond acceptors (Lipinski definition) is 2. The van der Waals surface area contributed by atoms with Gasteiger partial charge >= 0.3 is 0 Å². The minimum atomic E-state index is 0. The zero-order chi connectivity index (χ0) is 11.8. The summed E-state index contributed by atoms with van der Waals surface area (Å²) in [4.78, 5) is 0. The van der Waals surface area contributed by atoms with Crippen LogP contribution in [0.25, 0.3) is 0 Å². The van der Waals surface area contributed by atoms with Gasteiger partial charge in [-0.1, -0.05) is 30.3 Å². The van der Waals surface area contributed by atoms with Gasteiger partial charge in [0.05, 0.1) is 0 Å². The molecule has 1 N–H and O–H groups in total. The van der Waals surface area contributed by atoms with Crippen LogP contribution in [0.3, 0.4) is 0 Å². The van der Waals surface area contributed by atoms with E-state index in [0.29, 0.717) is 0 Å². The molecule has 0 bridgehead atoms. The van der Waals surface area contributed by atoms with Gasteiger partial charge in [0.15, 0.2) is 0 Å². The smallest absolute Gasteiger partial charge is 0.0495 e. The van der Waals surface area contributed by atoms with Gasteiger partial charge in [0.25, 0.3) is 0 Å². The molecule has 0 spiro atoms. The molecule has 2 rings (SSSR count). The summed E-state index contributed by atoms with van der Waals surface area (Å²) < 4.78 is 5.77. The Morgan fingerprint density at radius 1 is 1.11 bits per heavy atom. The molecule has 0 aliphatic carbocycles. The maximum Gasteiger partial charge on any atom is 0.0495 e. The van der Waals surface area contributed by atoms with E-state index in [2.05, 4.69) is 35.6 Å². The van der Waals surface area contributed by atoms with E-state index in [4.69, 9.17) is 4.74 Å². The molecule has 1 heterocycles. The fourth-order valence-electron chi connectivity index (χ4n) is 2.32. The Hall–Kier alpha value is -0.570. The maximum atomic E-state index is 5.77. The van der Waals surface area contributed by atoms with E-state index in [1.54, 1.807) is 0 Å². The summed E-state index contributed by atoms with van der Waals surface area (Å²) >= 11 is 0. The average molecular weight is 269 g/mol. The molecule has 0 saturated carbocycles. The summed E-state index contributed by atoms with van der Waals surface area (Å²) in [5.41, 5.74) is 1.41. The van der Waals surface area contributed by atoms with Crippen molar-refractivity contribution in [3.8, 4) is 0 Å². The van der Waals surface area contributed by atoms with Crippen molar-refractivity contribution in [3.05, 3.63) is 35.9 Å². The number of aryl methyl sites for hydroxylation is 1. The van der Waals surface area contributed by atoms with Crippen molar-refractivity contribution < 1.29 is 17.1 Å². The van der Waals surface area contributed by atoms with Crippen molar-refractivity contribution >= 4 is 0 Å². The second-order valence-corrected chi connectivity index (χ2v) is 4.86. The lowest BCUT2D eigenvalue weighted by atomic mass is 9.99. The van der Waals surface area contributed by atoms with E-state index >= 15 is 0 Å². The number of halogens is 1. The van der Waals surface area contributed by atoms with E-state index in [0.717, 1.165) is 45.1 Å². The Bertz CT molecular complexity index is 299. The second kappa shape index (κ2) is 9.37. The molecule has 1 fully saturated rings. The van der Waals surface area contributed by atoms with E-state index in [-0.39, 0.29) is 12.4 Å². The van der Waals surface area contributed by atoms with Crippen LogP contribution in [0, 0.1) is 5.92 Å². The fourth-order valence-corrected chi connectivity index (χ4v) is 2.32. The molecule has 1 aromatic rings. The van der Waals surface area contributed by atoms with Crippen LogP contribution >= 0.6 is 0 Å². The maximum absolute atomic E-state index is 5.77. The highest BCUT2D eigenvalue weighted by Crippen LogP contribution is 2.12. The van der Waals surface area contributed by atoms with Gasteiger partial charge in [0.2, 0.25) is 0 Å². The molecule has 1 aliphatic rings. The number of hydrogen-bond donors (Lipinski definition) is 1. The van der Waals surface area contributed by atoms with E-state index < -0.39 is 0 Å². The second-order valence-electron chi connectivity index (χ2n) is 4.86. The lowest BCUT2D eigenvalue weighted by molar-refractivity contribution is -0.00000414. The highest BCUT2D eigenvalue weighted by atomic mass is 35.5. The van der Waals surface area contributed by atoms with Crippen LogP contribution in [0.5, 0.6) is 0 Å². The van der Waals surface area contributed by atoms with Crippen molar-refractivity contribution in [1.29, 1.82) is 0 Å². The van der Waals surface area contributed by atoms with Crippen LogP contribution in [0.2, 0.25) is 0 Å². The average Bonchev–Trinajstić information content (AvgIpc) is 2.41. The van der Waals surface area contributed by atoms with Gasteiger partial charge in [0.1, 0.15) is 0 Å². The topological polar surface area (TPSA) is 21.3 Å². The molecule has 18 heavy (non-hydrogen) atoms. The summed E-state index contributed by atoms with van der Waals surface area (Å²) in [7, 11) is 0. The molecular weight excluding hydrogens is 246 g/mol. The molecule has 3 heteroatoms. The van der Waals surface area contributed by atoms with Gasteiger partial charge in [-0.15, -0.1) is 0 Å². The van der Waals surface area contributed by atoms with Gasteiger partial charge in [-0.2, -0.15) is 0 Å². The Labute approximate surface area is 117 Å². The van der Waals surface area contributed by atoms with Crippen molar-refractivity contribution in [2.24, 2.45) is 5.92 Å². The van der Waals surface area contributed by atoms with E-state index in [9.17, 15) is 0 Å². The summed E-state index contributed by atoms with van der Waals surface area (Å²) in [6.07, 6.45) is 4.82. The predicted molar refractivity (Wildman–Crippen MR) is 71.2 cm³/mol. The van der Waals surface area contributed by atoms with Crippen LogP contribution in [-0.2, 0) is 11.2 Å². The van der Waals surface area contributed by atoms with Crippen molar-refractivity contribution in [1.82, 2.24) is 5.32 Å². The molecule has 102 valence electrons. The number of nitrogens with one attached hydrogen (secondary N) is 1. The van der Waals surface area contributed by atoms with Crippen LogP contribution in [0.1, 0.15) is 24.8 Å². The first-order valence-electron chi connectivity index (χ1n) is 6.77. The quantitative estimate of drug-likeness (QED) is 0.712. The van der Waals surface area contributed by atoms with Crippen molar-refractivity contribution in [3.63, 3.8) is 0 Å². The van der Waals surface area contributed by atoms with Gasteiger partial charge in [-0.3, -0.25) is 0 Å². The number of piperidine rings is 1. The monoisotopic (exact) mass is 268 g/mol. The molecule has 2 nitrogen and oxygen atoms in total. The first kappa shape index (κ1) is 15.5.